The first-order valence-electron chi connectivity index (χ1n) is 10.3. The van der Waals surface area contributed by atoms with Crippen molar-refractivity contribution in [2.24, 2.45) is 5.92 Å². The van der Waals surface area contributed by atoms with Crippen LogP contribution in [0.15, 0.2) is 18.2 Å². The summed E-state index contributed by atoms with van der Waals surface area (Å²) >= 11 is 0. The van der Waals surface area contributed by atoms with E-state index in [2.05, 4.69) is 26.1 Å². The molecule has 3 atom stereocenters. The Morgan fingerprint density at radius 2 is 1.93 bits per heavy atom. The summed E-state index contributed by atoms with van der Waals surface area (Å²) in [5.74, 6) is 0.233. The number of hydrogen-bond donors (Lipinski definition) is 3. The van der Waals surface area contributed by atoms with Gasteiger partial charge in [-0.25, -0.2) is 4.79 Å². The van der Waals surface area contributed by atoms with Crippen molar-refractivity contribution in [3.63, 3.8) is 0 Å². The highest BCUT2D eigenvalue weighted by atomic mass is 16.7. The first-order valence-corrected chi connectivity index (χ1v) is 10.3. The van der Waals surface area contributed by atoms with Gasteiger partial charge in [-0.15, -0.1) is 0 Å². The molecule has 0 aromatic heterocycles. The number of hydrogen-bond acceptors (Lipinski definition) is 7. The van der Waals surface area contributed by atoms with Crippen molar-refractivity contribution in [2.75, 3.05) is 0 Å². The summed E-state index contributed by atoms with van der Waals surface area (Å²) in [5.41, 5.74) is 1.62. The predicted molar refractivity (Wildman–Crippen MR) is 112 cm³/mol. The fourth-order valence-corrected chi connectivity index (χ4v) is 2.66. The van der Waals surface area contributed by atoms with Crippen LogP contribution < -0.4 is 10.1 Å². The maximum absolute atomic E-state index is 11.1. The van der Waals surface area contributed by atoms with Gasteiger partial charge in [0, 0.05) is 31.0 Å². The molecule has 1 heterocycles. The van der Waals surface area contributed by atoms with E-state index in [0.29, 0.717) is 18.8 Å². The lowest BCUT2D eigenvalue weighted by Gasteiger charge is -2.31. The van der Waals surface area contributed by atoms with Gasteiger partial charge in [-0.05, 0) is 23.6 Å². The zero-order chi connectivity index (χ0) is 22.7. The molecule has 2 rings (SSSR count). The lowest BCUT2D eigenvalue weighted by molar-refractivity contribution is -0.195. The molecule has 0 radical (unpaired) electrons. The molecule has 0 bridgehead atoms. The normalized spacial score (nSPS) is 21.0. The highest BCUT2D eigenvalue weighted by Crippen LogP contribution is 2.27. The van der Waals surface area contributed by atoms with Crippen molar-refractivity contribution in [1.29, 1.82) is 0 Å². The molecule has 8 nitrogen and oxygen atoms in total. The maximum atomic E-state index is 11.1. The number of carbonyl (C=O) groups excluding carboxylic acids is 1. The van der Waals surface area contributed by atoms with E-state index in [9.17, 15) is 14.7 Å². The van der Waals surface area contributed by atoms with E-state index >= 15 is 0 Å². The van der Waals surface area contributed by atoms with Crippen molar-refractivity contribution >= 4 is 12.4 Å². The fourth-order valence-electron chi connectivity index (χ4n) is 2.66. The number of carboxylic acids is 1. The van der Waals surface area contributed by atoms with Gasteiger partial charge in [-0.2, -0.15) is 0 Å². The Morgan fingerprint density at radius 1 is 1.27 bits per heavy atom. The fraction of sp³-hybridized carbons (Fsp3) is 0.636. The topological polar surface area (TPSA) is 114 Å². The highest BCUT2D eigenvalue weighted by Gasteiger charge is 2.34. The second kappa shape index (κ2) is 13.2. The number of rotatable bonds is 9. The molecule has 0 amide bonds. The van der Waals surface area contributed by atoms with Crippen LogP contribution in [-0.2, 0) is 32.2 Å². The van der Waals surface area contributed by atoms with Crippen molar-refractivity contribution in [3.8, 4) is 5.75 Å². The summed E-state index contributed by atoms with van der Waals surface area (Å²) < 4.78 is 16.0. The van der Waals surface area contributed by atoms with Gasteiger partial charge in [-0.3, -0.25) is 4.79 Å². The maximum Gasteiger partial charge on any atom is 0.333 e. The van der Waals surface area contributed by atoms with Crippen LogP contribution in [0, 0.1) is 5.92 Å². The molecule has 30 heavy (non-hydrogen) atoms. The van der Waals surface area contributed by atoms with Crippen LogP contribution in [0.2, 0.25) is 0 Å². The van der Waals surface area contributed by atoms with E-state index in [1.807, 2.05) is 19.9 Å². The number of aliphatic carboxylic acids is 1. The third-order valence-electron chi connectivity index (χ3n) is 3.94. The van der Waals surface area contributed by atoms with Gasteiger partial charge in [0.2, 0.25) is 6.29 Å². The van der Waals surface area contributed by atoms with Crippen LogP contribution in [0.5, 0.6) is 5.75 Å². The van der Waals surface area contributed by atoms with Crippen LogP contribution in [0.25, 0.3) is 0 Å². The Balaban J connectivity index is 0.00000103. The van der Waals surface area contributed by atoms with Crippen LogP contribution in [0.4, 0.5) is 0 Å². The Labute approximate surface area is 178 Å². The third-order valence-corrected chi connectivity index (χ3v) is 3.94. The van der Waals surface area contributed by atoms with E-state index in [4.69, 9.17) is 19.3 Å². The summed E-state index contributed by atoms with van der Waals surface area (Å²) in [6.07, 6.45) is -2.52. The van der Waals surface area contributed by atoms with Crippen LogP contribution in [0.1, 0.15) is 58.6 Å². The standard InChI is InChI=1S/C18H25NO7.C4H10/c1-11(2)19-8-13-5-12(9-24-10-20)3-4-15(13)25-17-7-14(21)6-16(26-17)18(22)23;1-4(2)3/h3-5,10-11,14,16-17,19,21H,6-9H2,1-2H3,(H,22,23);4H,1-3H3. The summed E-state index contributed by atoms with van der Waals surface area (Å²) in [6.45, 7) is 11.6. The minimum atomic E-state index is -1.12. The predicted octanol–water partition coefficient (Wildman–Crippen LogP) is 2.85. The molecular formula is C22H35NO7. The molecule has 1 aliphatic heterocycles. The van der Waals surface area contributed by atoms with Gasteiger partial charge < -0.3 is 29.7 Å². The lowest BCUT2D eigenvalue weighted by atomic mass is 10.1. The van der Waals surface area contributed by atoms with Gasteiger partial charge in [-0.1, -0.05) is 40.7 Å². The van der Waals surface area contributed by atoms with Crippen molar-refractivity contribution < 1.29 is 34.0 Å². The summed E-state index contributed by atoms with van der Waals surface area (Å²) in [6, 6.07) is 5.58. The largest absolute Gasteiger partial charge is 0.479 e. The second-order valence-corrected chi connectivity index (χ2v) is 8.25. The van der Waals surface area contributed by atoms with Gasteiger partial charge in [0.1, 0.15) is 12.4 Å². The number of nitrogens with one attached hydrogen (secondary N) is 1. The molecular weight excluding hydrogens is 390 g/mol. The summed E-state index contributed by atoms with van der Waals surface area (Å²) in [4.78, 5) is 21.5. The molecule has 1 fully saturated rings. The third kappa shape index (κ3) is 10.0. The summed E-state index contributed by atoms with van der Waals surface area (Å²) in [5, 5.41) is 22.3. The van der Waals surface area contributed by atoms with Crippen molar-refractivity contribution in [3.05, 3.63) is 29.3 Å². The SMILES string of the molecule is CC(C)C.CC(C)NCc1cc(COC=O)ccc1OC1CC(O)CC(C(=O)O)O1. The zero-order valence-corrected chi connectivity index (χ0v) is 18.5. The van der Waals surface area contributed by atoms with Gasteiger partial charge >= 0.3 is 5.97 Å². The molecule has 1 aliphatic rings. The molecule has 0 saturated carbocycles. The molecule has 1 saturated heterocycles. The summed E-state index contributed by atoms with van der Waals surface area (Å²) in [7, 11) is 0. The van der Waals surface area contributed by atoms with Crippen LogP contribution in [-0.4, -0.2) is 47.2 Å². The van der Waals surface area contributed by atoms with Crippen LogP contribution in [0.3, 0.4) is 0 Å². The van der Waals surface area contributed by atoms with Crippen molar-refractivity contribution in [2.45, 2.75) is 85.2 Å². The van der Waals surface area contributed by atoms with E-state index in [-0.39, 0.29) is 25.5 Å². The highest BCUT2D eigenvalue weighted by molar-refractivity contribution is 5.72. The van der Waals surface area contributed by atoms with Crippen molar-refractivity contribution in [1.82, 2.24) is 5.32 Å². The smallest absolute Gasteiger partial charge is 0.333 e. The Bertz CT molecular complexity index is 660. The Kier molecular flexibility index (Phi) is 11.4. The minimum absolute atomic E-state index is 0.0406. The van der Waals surface area contributed by atoms with Gasteiger partial charge in [0.15, 0.2) is 6.10 Å². The molecule has 170 valence electrons. The molecule has 8 heteroatoms. The lowest BCUT2D eigenvalue weighted by Crippen LogP contribution is -2.42. The van der Waals surface area contributed by atoms with Crippen LogP contribution >= 0.6 is 0 Å². The van der Waals surface area contributed by atoms with Gasteiger partial charge in [0.05, 0.1) is 6.10 Å². The molecule has 1 aromatic carbocycles. The average molecular weight is 426 g/mol. The first kappa shape index (κ1) is 25.9. The number of aliphatic hydroxyl groups is 1. The molecule has 1 aromatic rings. The van der Waals surface area contributed by atoms with E-state index in [1.54, 1.807) is 12.1 Å². The number of ether oxygens (including phenoxy) is 3. The number of benzene rings is 1. The quantitative estimate of drug-likeness (QED) is 0.518. The molecule has 3 unspecified atom stereocenters. The Morgan fingerprint density at radius 3 is 2.50 bits per heavy atom. The van der Waals surface area contributed by atoms with Gasteiger partial charge in [0.25, 0.3) is 6.47 Å². The number of carbonyl (C=O) groups is 2. The van der Waals surface area contributed by atoms with E-state index < -0.39 is 24.5 Å². The second-order valence-electron chi connectivity index (χ2n) is 8.25. The number of aliphatic hydroxyl groups excluding tert-OH is 1. The minimum Gasteiger partial charge on any atom is -0.479 e. The Hall–Kier alpha value is -2.16. The molecule has 3 N–H and O–H groups in total. The molecule has 0 aliphatic carbocycles. The average Bonchev–Trinajstić information content (AvgIpc) is 2.65. The molecule has 0 spiro atoms. The van der Waals surface area contributed by atoms with E-state index in [1.165, 1.54) is 0 Å². The first-order chi connectivity index (χ1) is 14.1. The van der Waals surface area contributed by atoms with E-state index in [0.717, 1.165) is 17.0 Å². The number of carboxylic acid groups (broad SMARTS) is 1. The monoisotopic (exact) mass is 425 g/mol. The zero-order valence-electron chi connectivity index (χ0n) is 18.5.